The van der Waals surface area contributed by atoms with Gasteiger partial charge in [0.15, 0.2) is 0 Å². The van der Waals surface area contributed by atoms with Gasteiger partial charge in [-0.25, -0.2) is 0 Å². The molecule has 1 saturated carbocycles. The summed E-state index contributed by atoms with van der Waals surface area (Å²) in [6.07, 6.45) is 4.64. The Labute approximate surface area is 132 Å². The van der Waals surface area contributed by atoms with Crippen molar-refractivity contribution in [2.24, 2.45) is 5.73 Å². The Bertz CT molecular complexity index is 454. The molecule has 0 unspecified atom stereocenters. The van der Waals surface area contributed by atoms with Crippen LogP contribution in [0.2, 0.25) is 10.0 Å². The zero-order valence-corrected chi connectivity index (χ0v) is 13.8. The van der Waals surface area contributed by atoms with E-state index in [1.807, 2.05) is 12.1 Å². The Morgan fingerprint density at radius 2 is 1.90 bits per heavy atom. The van der Waals surface area contributed by atoms with E-state index in [1.54, 1.807) is 0 Å². The highest BCUT2D eigenvalue weighted by Gasteiger charge is 2.36. The molecule has 4 heteroatoms. The van der Waals surface area contributed by atoms with Crippen molar-refractivity contribution in [3.05, 3.63) is 33.8 Å². The molecule has 2 rings (SSSR count). The number of benzene rings is 1. The summed E-state index contributed by atoms with van der Waals surface area (Å²) in [6.45, 7) is 3.99. The number of nitrogens with two attached hydrogens (primary N) is 1. The maximum Gasteiger partial charge on any atom is 0.0595 e. The zero-order valence-electron chi connectivity index (χ0n) is 12.3. The van der Waals surface area contributed by atoms with Crippen molar-refractivity contribution in [3.63, 3.8) is 0 Å². The number of hydrogen-bond donors (Lipinski definition) is 1. The lowest BCUT2D eigenvalue weighted by molar-refractivity contribution is 0.155. The molecular formula is C16H24Cl2N2. The van der Waals surface area contributed by atoms with Crippen molar-refractivity contribution in [1.82, 2.24) is 4.90 Å². The highest BCUT2D eigenvalue weighted by Crippen LogP contribution is 2.41. The van der Waals surface area contributed by atoms with Crippen LogP contribution in [0.25, 0.3) is 0 Å². The monoisotopic (exact) mass is 314 g/mol. The normalized spacial score (nSPS) is 27.0. The van der Waals surface area contributed by atoms with Crippen molar-refractivity contribution in [1.29, 1.82) is 0 Å². The van der Waals surface area contributed by atoms with E-state index in [0.717, 1.165) is 19.4 Å². The lowest BCUT2D eigenvalue weighted by atomic mass is 9.68. The van der Waals surface area contributed by atoms with Crippen LogP contribution in [-0.2, 0) is 5.41 Å². The SMILES string of the molecule is CCN(C)[C@H]1CC[C@](CN)(c2ccc(Cl)c(Cl)c2)CC1. The fraction of sp³-hybridized carbons (Fsp3) is 0.625. The van der Waals surface area contributed by atoms with Gasteiger partial charge in [-0.2, -0.15) is 0 Å². The largest absolute Gasteiger partial charge is 0.330 e. The van der Waals surface area contributed by atoms with Crippen molar-refractivity contribution in [2.75, 3.05) is 20.1 Å². The average molecular weight is 315 g/mol. The molecule has 112 valence electrons. The van der Waals surface area contributed by atoms with Gasteiger partial charge in [-0.3, -0.25) is 0 Å². The lowest BCUT2D eigenvalue weighted by Crippen LogP contribution is -2.44. The van der Waals surface area contributed by atoms with Crippen molar-refractivity contribution < 1.29 is 0 Å². The van der Waals surface area contributed by atoms with Crippen LogP contribution >= 0.6 is 23.2 Å². The van der Waals surface area contributed by atoms with Gasteiger partial charge in [0.05, 0.1) is 10.0 Å². The third kappa shape index (κ3) is 3.14. The van der Waals surface area contributed by atoms with Crippen LogP contribution in [0.3, 0.4) is 0 Å². The van der Waals surface area contributed by atoms with E-state index in [4.69, 9.17) is 28.9 Å². The van der Waals surface area contributed by atoms with E-state index in [0.29, 0.717) is 22.6 Å². The average Bonchev–Trinajstić information content (AvgIpc) is 2.49. The molecule has 0 spiro atoms. The fourth-order valence-electron chi connectivity index (χ4n) is 3.29. The number of hydrogen-bond acceptors (Lipinski definition) is 2. The first-order chi connectivity index (χ1) is 9.52. The quantitative estimate of drug-likeness (QED) is 0.907. The van der Waals surface area contributed by atoms with Crippen LogP contribution in [0.15, 0.2) is 18.2 Å². The smallest absolute Gasteiger partial charge is 0.0595 e. The summed E-state index contributed by atoms with van der Waals surface area (Å²) in [6, 6.07) is 6.66. The molecule has 0 aromatic heterocycles. The van der Waals surface area contributed by atoms with Gasteiger partial charge in [-0.1, -0.05) is 36.2 Å². The van der Waals surface area contributed by atoms with E-state index in [1.165, 1.54) is 18.4 Å². The molecule has 0 saturated heterocycles. The second-order valence-corrected chi connectivity index (χ2v) is 6.73. The first kappa shape index (κ1) is 16.1. The molecule has 1 aliphatic carbocycles. The van der Waals surface area contributed by atoms with Crippen molar-refractivity contribution >= 4 is 23.2 Å². The molecule has 1 fully saturated rings. The molecule has 0 atom stereocenters. The van der Waals surface area contributed by atoms with E-state index in [9.17, 15) is 0 Å². The molecule has 0 radical (unpaired) electrons. The van der Waals surface area contributed by atoms with Crippen LogP contribution in [0, 0.1) is 0 Å². The molecular weight excluding hydrogens is 291 g/mol. The minimum absolute atomic E-state index is 0.0688. The van der Waals surface area contributed by atoms with E-state index in [2.05, 4.69) is 24.9 Å². The molecule has 1 aliphatic rings. The number of halogens is 2. The molecule has 2 N–H and O–H groups in total. The first-order valence-corrected chi connectivity index (χ1v) is 8.14. The standard InChI is InChI=1S/C16H24Cl2N2/c1-3-20(2)13-6-8-16(11-19,9-7-13)12-4-5-14(17)15(18)10-12/h4-5,10,13H,3,6-9,11,19H2,1-2H3/t13-,16-. The predicted octanol–water partition coefficient (Wildman–Crippen LogP) is 4.08. The molecule has 0 bridgehead atoms. The van der Waals surface area contributed by atoms with Gasteiger partial charge in [0, 0.05) is 18.0 Å². The highest BCUT2D eigenvalue weighted by molar-refractivity contribution is 6.42. The number of rotatable bonds is 4. The van der Waals surface area contributed by atoms with E-state index >= 15 is 0 Å². The van der Waals surface area contributed by atoms with Crippen LogP contribution in [0.1, 0.15) is 38.2 Å². The second kappa shape index (κ2) is 6.65. The zero-order chi connectivity index (χ0) is 14.8. The van der Waals surface area contributed by atoms with Gasteiger partial charge in [0.2, 0.25) is 0 Å². The van der Waals surface area contributed by atoms with Gasteiger partial charge in [-0.05, 0) is 57.0 Å². The summed E-state index contributed by atoms with van der Waals surface area (Å²) in [7, 11) is 2.21. The summed E-state index contributed by atoms with van der Waals surface area (Å²) in [5, 5.41) is 1.24. The Morgan fingerprint density at radius 1 is 1.25 bits per heavy atom. The molecule has 2 nitrogen and oxygen atoms in total. The Kier molecular flexibility index (Phi) is 5.36. The van der Waals surface area contributed by atoms with Gasteiger partial charge < -0.3 is 10.6 Å². The second-order valence-electron chi connectivity index (χ2n) is 5.92. The Hall–Kier alpha value is -0.280. The Morgan fingerprint density at radius 3 is 2.40 bits per heavy atom. The molecule has 1 aromatic carbocycles. The van der Waals surface area contributed by atoms with Crippen LogP contribution in [0.4, 0.5) is 0 Å². The van der Waals surface area contributed by atoms with Crippen LogP contribution in [-0.4, -0.2) is 31.1 Å². The lowest BCUT2D eigenvalue weighted by Gasteiger charge is -2.42. The van der Waals surface area contributed by atoms with E-state index < -0.39 is 0 Å². The summed E-state index contributed by atoms with van der Waals surface area (Å²) >= 11 is 12.2. The van der Waals surface area contributed by atoms with Gasteiger partial charge >= 0.3 is 0 Å². The molecule has 1 aromatic rings. The minimum atomic E-state index is 0.0688. The van der Waals surface area contributed by atoms with Crippen molar-refractivity contribution in [3.8, 4) is 0 Å². The molecule has 0 aliphatic heterocycles. The van der Waals surface area contributed by atoms with Gasteiger partial charge in [-0.15, -0.1) is 0 Å². The Balaban J connectivity index is 2.18. The maximum atomic E-state index is 6.17. The van der Waals surface area contributed by atoms with E-state index in [-0.39, 0.29) is 5.41 Å². The summed E-state index contributed by atoms with van der Waals surface area (Å²) in [4.78, 5) is 2.44. The molecule has 20 heavy (non-hydrogen) atoms. The minimum Gasteiger partial charge on any atom is -0.330 e. The fourth-order valence-corrected chi connectivity index (χ4v) is 3.59. The summed E-state index contributed by atoms with van der Waals surface area (Å²) in [5.41, 5.74) is 7.43. The van der Waals surface area contributed by atoms with Crippen molar-refractivity contribution in [2.45, 2.75) is 44.1 Å². The summed E-state index contributed by atoms with van der Waals surface area (Å²) < 4.78 is 0. The maximum absolute atomic E-state index is 6.17. The molecule has 0 amide bonds. The van der Waals surface area contributed by atoms with Crippen LogP contribution in [0.5, 0.6) is 0 Å². The third-order valence-corrected chi connectivity index (χ3v) is 5.70. The van der Waals surface area contributed by atoms with Crippen LogP contribution < -0.4 is 5.73 Å². The predicted molar refractivity (Wildman–Crippen MR) is 87.8 cm³/mol. The summed E-state index contributed by atoms with van der Waals surface area (Å²) in [5.74, 6) is 0. The topological polar surface area (TPSA) is 29.3 Å². The third-order valence-electron chi connectivity index (χ3n) is 4.96. The number of nitrogens with zero attached hydrogens (tertiary/aromatic N) is 1. The molecule has 0 heterocycles. The van der Waals surface area contributed by atoms with Gasteiger partial charge in [0.1, 0.15) is 0 Å². The van der Waals surface area contributed by atoms with Gasteiger partial charge in [0.25, 0.3) is 0 Å². The highest BCUT2D eigenvalue weighted by atomic mass is 35.5. The first-order valence-electron chi connectivity index (χ1n) is 7.38.